The molecule has 206 valence electrons. The van der Waals surface area contributed by atoms with Gasteiger partial charge in [0.1, 0.15) is 11.5 Å². The first-order valence-corrected chi connectivity index (χ1v) is 14.9. The number of rotatable bonds is 5. The van der Waals surface area contributed by atoms with Gasteiger partial charge in [-0.15, -0.1) is 11.3 Å². The first kappa shape index (κ1) is 26.3. The Hall–Kier alpha value is -3.98. The van der Waals surface area contributed by atoms with Crippen molar-refractivity contribution in [1.29, 1.82) is 0 Å². The predicted octanol–water partition coefficient (Wildman–Crippen LogP) is 5.30. The highest BCUT2D eigenvalue weighted by Crippen LogP contribution is 2.31. The van der Waals surface area contributed by atoms with Crippen molar-refractivity contribution in [2.75, 3.05) is 44.2 Å². The molecule has 2 aromatic heterocycles. The summed E-state index contributed by atoms with van der Waals surface area (Å²) in [6.07, 6.45) is 3.53. The van der Waals surface area contributed by atoms with Crippen LogP contribution in [0.1, 0.15) is 52.8 Å². The largest absolute Gasteiger partial charge is 0.353 e. The van der Waals surface area contributed by atoms with Gasteiger partial charge in [0.25, 0.3) is 5.91 Å². The molecule has 1 N–H and O–H groups in total. The van der Waals surface area contributed by atoms with Crippen molar-refractivity contribution >= 4 is 39.9 Å². The molecule has 0 radical (unpaired) electrons. The fraction of sp³-hybridized carbons (Fsp3) is 0.355. The van der Waals surface area contributed by atoms with Crippen LogP contribution in [0.25, 0.3) is 10.8 Å². The van der Waals surface area contributed by atoms with Crippen LogP contribution < -0.4 is 10.2 Å². The van der Waals surface area contributed by atoms with E-state index in [9.17, 15) is 9.59 Å². The van der Waals surface area contributed by atoms with Crippen LogP contribution in [-0.2, 0) is 0 Å². The van der Waals surface area contributed by atoms with Crippen LogP contribution in [0.15, 0.2) is 72.2 Å². The SMILES string of the molecule is CC(NC(=O)c1csc(C2CCN(C(=O)N3CCN(c4ccccn4)CC3)CC2)n1)c1ccc2ccccc2c1. The summed E-state index contributed by atoms with van der Waals surface area (Å²) in [5.41, 5.74) is 1.54. The van der Waals surface area contributed by atoms with Crippen molar-refractivity contribution in [1.82, 2.24) is 25.1 Å². The number of carbonyl (C=O) groups is 2. The summed E-state index contributed by atoms with van der Waals surface area (Å²) in [7, 11) is 0. The molecule has 4 heterocycles. The predicted molar refractivity (Wildman–Crippen MR) is 159 cm³/mol. The maximum Gasteiger partial charge on any atom is 0.320 e. The van der Waals surface area contributed by atoms with Gasteiger partial charge in [-0.2, -0.15) is 0 Å². The second-order valence-electron chi connectivity index (χ2n) is 10.6. The van der Waals surface area contributed by atoms with E-state index >= 15 is 0 Å². The molecule has 0 aliphatic carbocycles. The molecule has 2 aromatic carbocycles. The van der Waals surface area contributed by atoms with Crippen LogP contribution >= 0.6 is 11.3 Å². The lowest BCUT2D eigenvalue weighted by Gasteiger charge is -2.39. The van der Waals surface area contributed by atoms with Crippen LogP contribution in [0.5, 0.6) is 0 Å². The Labute approximate surface area is 238 Å². The molecule has 2 aliphatic heterocycles. The molecule has 4 aromatic rings. The molecule has 1 unspecified atom stereocenters. The third-order valence-electron chi connectivity index (χ3n) is 8.01. The molecule has 3 amide bonds. The van der Waals surface area contributed by atoms with Crippen LogP contribution in [-0.4, -0.2) is 71.0 Å². The van der Waals surface area contributed by atoms with Gasteiger partial charge in [-0.1, -0.05) is 42.5 Å². The number of hydrogen-bond acceptors (Lipinski definition) is 6. The number of pyridine rings is 1. The van der Waals surface area contributed by atoms with Crippen LogP contribution in [0.4, 0.5) is 10.6 Å². The highest BCUT2D eigenvalue weighted by atomic mass is 32.1. The molecule has 0 bridgehead atoms. The summed E-state index contributed by atoms with van der Waals surface area (Å²) >= 11 is 1.55. The molecular formula is C31H34N6O2S. The lowest BCUT2D eigenvalue weighted by atomic mass is 9.98. The van der Waals surface area contributed by atoms with E-state index in [0.29, 0.717) is 31.9 Å². The number of fused-ring (bicyclic) bond motifs is 1. The Morgan fingerprint density at radius 2 is 1.62 bits per heavy atom. The zero-order valence-corrected chi connectivity index (χ0v) is 23.5. The molecule has 9 heteroatoms. The van der Waals surface area contributed by atoms with E-state index in [-0.39, 0.29) is 23.9 Å². The number of carbonyl (C=O) groups excluding carboxylic acids is 2. The first-order valence-electron chi connectivity index (χ1n) is 14.0. The third-order valence-corrected chi connectivity index (χ3v) is 9.02. The van der Waals surface area contributed by atoms with Gasteiger partial charge in [-0.05, 0) is 54.3 Å². The number of hydrogen-bond donors (Lipinski definition) is 1. The molecule has 6 rings (SSSR count). The summed E-state index contributed by atoms with van der Waals surface area (Å²) in [5.74, 6) is 1.09. The molecule has 2 fully saturated rings. The molecule has 8 nitrogen and oxygen atoms in total. The zero-order valence-electron chi connectivity index (χ0n) is 22.7. The van der Waals surface area contributed by atoms with E-state index in [0.717, 1.165) is 47.7 Å². The smallest absolute Gasteiger partial charge is 0.320 e. The Morgan fingerprint density at radius 3 is 2.38 bits per heavy atom. The molecular weight excluding hydrogens is 520 g/mol. The van der Waals surface area contributed by atoms with Crippen molar-refractivity contribution in [2.45, 2.75) is 31.7 Å². The summed E-state index contributed by atoms with van der Waals surface area (Å²) in [6, 6.07) is 20.4. The molecule has 0 saturated carbocycles. The number of piperidine rings is 1. The highest BCUT2D eigenvalue weighted by Gasteiger charge is 2.30. The van der Waals surface area contributed by atoms with E-state index in [4.69, 9.17) is 4.98 Å². The standard InChI is InChI=1S/C31H34N6O2S/c1-22(25-10-9-23-6-2-3-7-26(23)20-25)33-29(38)27-21-40-30(34-27)24-11-14-36(15-12-24)31(39)37-18-16-35(17-19-37)28-8-4-5-13-32-28/h2-10,13,20-22,24H,11-12,14-19H2,1H3,(H,33,38). The number of urea groups is 1. The minimum absolute atomic E-state index is 0.123. The van der Waals surface area contributed by atoms with Gasteiger partial charge < -0.3 is 20.0 Å². The monoisotopic (exact) mass is 554 g/mol. The molecule has 1 atom stereocenters. The van der Waals surface area contributed by atoms with Crippen molar-refractivity contribution < 1.29 is 9.59 Å². The topological polar surface area (TPSA) is 81.7 Å². The van der Waals surface area contributed by atoms with Crippen LogP contribution in [0.2, 0.25) is 0 Å². The Morgan fingerprint density at radius 1 is 0.900 bits per heavy atom. The average molecular weight is 555 g/mol. The van der Waals surface area contributed by atoms with Crippen molar-refractivity contribution in [3.63, 3.8) is 0 Å². The number of nitrogens with zero attached hydrogens (tertiary/aromatic N) is 5. The van der Waals surface area contributed by atoms with Gasteiger partial charge >= 0.3 is 6.03 Å². The van der Waals surface area contributed by atoms with Gasteiger partial charge in [-0.3, -0.25) is 4.79 Å². The number of anilines is 1. The Bertz CT molecular complexity index is 1480. The van der Waals surface area contributed by atoms with E-state index in [2.05, 4.69) is 45.5 Å². The van der Waals surface area contributed by atoms with Crippen molar-refractivity contribution in [2.24, 2.45) is 0 Å². The highest BCUT2D eigenvalue weighted by molar-refractivity contribution is 7.09. The van der Waals surface area contributed by atoms with Crippen molar-refractivity contribution in [3.05, 3.63) is 88.5 Å². The summed E-state index contributed by atoms with van der Waals surface area (Å²) in [4.78, 5) is 41.5. The molecule has 0 spiro atoms. The second kappa shape index (κ2) is 11.6. The number of aromatic nitrogens is 2. The van der Waals surface area contributed by atoms with Gasteiger partial charge in [0.15, 0.2) is 0 Å². The maximum absolute atomic E-state index is 13.2. The van der Waals surface area contributed by atoms with E-state index in [1.807, 2.05) is 58.6 Å². The van der Waals surface area contributed by atoms with Crippen LogP contribution in [0.3, 0.4) is 0 Å². The fourth-order valence-electron chi connectivity index (χ4n) is 5.60. The van der Waals surface area contributed by atoms with Crippen molar-refractivity contribution in [3.8, 4) is 0 Å². The summed E-state index contributed by atoms with van der Waals surface area (Å²) in [5, 5.41) is 8.29. The van der Waals surface area contributed by atoms with Gasteiger partial charge in [0.05, 0.1) is 11.0 Å². The van der Waals surface area contributed by atoms with E-state index in [1.54, 1.807) is 11.3 Å². The zero-order chi connectivity index (χ0) is 27.5. The Balaban J connectivity index is 0.994. The summed E-state index contributed by atoms with van der Waals surface area (Å²) < 4.78 is 0. The van der Waals surface area contributed by atoms with E-state index in [1.165, 1.54) is 5.39 Å². The lowest BCUT2D eigenvalue weighted by molar-refractivity contribution is 0.0935. The number of thiazole rings is 1. The number of benzene rings is 2. The average Bonchev–Trinajstić information content (AvgIpc) is 3.52. The number of piperazine rings is 1. The number of amides is 3. The van der Waals surface area contributed by atoms with E-state index < -0.39 is 0 Å². The third kappa shape index (κ3) is 5.65. The Kier molecular flexibility index (Phi) is 7.64. The van der Waals surface area contributed by atoms with Gasteiger partial charge in [0, 0.05) is 56.8 Å². The number of nitrogens with one attached hydrogen (secondary N) is 1. The fourth-order valence-corrected chi connectivity index (χ4v) is 6.57. The normalized spacial score (nSPS) is 17.2. The van der Waals surface area contributed by atoms with Crippen LogP contribution in [0, 0.1) is 0 Å². The maximum atomic E-state index is 13.2. The number of likely N-dealkylation sites (tertiary alicyclic amines) is 1. The molecule has 2 saturated heterocycles. The molecule has 2 aliphatic rings. The minimum Gasteiger partial charge on any atom is -0.353 e. The first-order chi connectivity index (χ1) is 19.5. The summed E-state index contributed by atoms with van der Waals surface area (Å²) in [6.45, 7) is 6.43. The van der Waals surface area contributed by atoms with Gasteiger partial charge in [0.2, 0.25) is 0 Å². The quantitative estimate of drug-likeness (QED) is 0.362. The van der Waals surface area contributed by atoms with Gasteiger partial charge in [-0.25, -0.2) is 14.8 Å². The lowest BCUT2D eigenvalue weighted by Crippen LogP contribution is -2.54. The minimum atomic E-state index is -0.152. The second-order valence-corrected chi connectivity index (χ2v) is 11.5. The molecule has 40 heavy (non-hydrogen) atoms.